The third-order valence-corrected chi connectivity index (χ3v) is 4.03. The van der Waals surface area contributed by atoms with Gasteiger partial charge in [-0.15, -0.1) is 0 Å². The van der Waals surface area contributed by atoms with E-state index in [1.807, 2.05) is 6.07 Å². The molecule has 0 atom stereocenters. The molecule has 7 nitrogen and oxygen atoms in total. The van der Waals surface area contributed by atoms with E-state index < -0.39 is 5.91 Å². The Kier molecular flexibility index (Phi) is 7.21. The highest BCUT2D eigenvalue weighted by atomic mass is 16.3. The first-order chi connectivity index (χ1) is 11.1. The Morgan fingerprint density at radius 3 is 2.17 bits per heavy atom. The Bertz CT molecular complexity index is 486. The topological polar surface area (TPSA) is 109 Å². The van der Waals surface area contributed by atoms with Crippen LogP contribution in [0.3, 0.4) is 0 Å². The minimum absolute atomic E-state index is 0.0222. The van der Waals surface area contributed by atoms with Gasteiger partial charge in [0.2, 0.25) is 0 Å². The molecule has 1 aliphatic heterocycles. The highest BCUT2D eigenvalue weighted by Crippen LogP contribution is 2.28. The van der Waals surface area contributed by atoms with Gasteiger partial charge in [0, 0.05) is 36.4 Å². The van der Waals surface area contributed by atoms with Gasteiger partial charge in [-0.2, -0.15) is 5.26 Å². The molecule has 0 aromatic heterocycles. The largest absolute Gasteiger partial charge is 0.395 e. The van der Waals surface area contributed by atoms with Crippen molar-refractivity contribution in [3.63, 3.8) is 0 Å². The molecular formula is C17H30N4O3. The van der Waals surface area contributed by atoms with E-state index in [0.29, 0.717) is 0 Å². The van der Waals surface area contributed by atoms with Crippen LogP contribution in [0, 0.1) is 11.3 Å². The maximum Gasteiger partial charge on any atom is 0.266 e. The molecular weight excluding hydrogens is 308 g/mol. The average molecular weight is 338 g/mol. The maximum atomic E-state index is 12.3. The van der Waals surface area contributed by atoms with E-state index in [1.54, 1.807) is 0 Å². The van der Waals surface area contributed by atoms with E-state index in [0.717, 1.165) is 12.8 Å². The first kappa shape index (κ1) is 20.4. The van der Waals surface area contributed by atoms with Crippen LogP contribution in [0.15, 0.2) is 11.8 Å². The Balaban J connectivity index is 2.81. The van der Waals surface area contributed by atoms with E-state index in [9.17, 15) is 10.1 Å². The monoisotopic (exact) mass is 338 g/mol. The number of carbonyl (C=O) groups is 1. The molecule has 1 rings (SSSR count). The minimum atomic E-state index is -0.486. The third-order valence-electron chi connectivity index (χ3n) is 4.03. The number of rotatable bonds is 7. The molecule has 0 aromatic carbocycles. The second-order valence-corrected chi connectivity index (χ2v) is 7.57. The van der Waals surface area contributed by atoms with Crippen molar-refractivity contribution in [3.8, 4) is 6.07 Å². The lowest BCUT2D eigenvalue weighted by Crippen LogP contribution is -2.61. The lowest BCUT2D eigenvalue weighted by Gasteiger charge is -2.46. The van der Waals surface area contributed by atoms with Crippen LogP contribution in [-0.2, 0) is 4.79 Å². The molecule has 0 unspecified atom stereocenters. The van der Waals surface area contributed by atoms with Crippen molar-refractivity contribution in [2.24, 2.45) is 0 Å². The zero-order valence-corrected chi connectivity index (χ0v) is 15.1. The molecule has 0 aliphatic carbocycles. The fraction of sp³-hybridized carbons (Fsp3) is 0.765. The van der Waals surface area contributed by atoms with Crippen LogP contribution in [0.5, 0.6) is 0 Å². The number of aliphatic hydroxyl groups is 2. The summed E-state index contributed by atoms with van der Waals surface area (Å²) in [4.78, 5) is 13.6. The van der Waals surface area contributed by atoms with Gasteiger partial charge in [-0.3, -0.25) is 4.79 Å². The summed E-state index contributed by atoms with van der Waals surface area (Å²) >= 11 is 0. The maximum absolute atomic E-state index is 12.3. The Morgan fingerprint density at radius 2 is 1.75 bits per heavy atom. The number of nitrogens with one attached hydrogen (secondary N) is 2. The van der Waals surface area contributed by atoms with E-state index in [4.69, 9.17) is 10.2 Å². The van der Waals surface area contributed by atoms with Crippen molar-refractivity contribution >= 4 is 5.91 Å². The van der Waals surface area contributed by atoms with Crippen molar-refractivity contribution in [2.45, 2.75) is 57.7 Å². The van der Waals surface area contributed by atoms with Crippen molar-refractivity contribution in [1.82, 2.24) is 15.5 Å². The van der Waals surface area contributed by atoms with Crippen LogP contribution < -0.4 is 10.6 Å². The summed E-state index contributed by atoms with van der Waals surface area (Å²) in [5.41, 5.74) is -0.0978. The molecule has 1 fully saturated rings. The molecule has 0 spiro atoms. The normalized spacial score (nSPS) is 20.3. The summed E-state index contributed by atoms with van der Waals surface area (Å²) in [5, 5.41) is 34.1. The summed E-state index contributed by atoms with van der Waals surface area (Å²) in [6.07, 6.45) is 3.21. The highest BCUT2D eigenvalue weighted by molar-refractivity contribution is 5.97. The summed E-state index contributed by atoms with van der Waals surface area (Å²) in [6, 6.07) is 2.06. The molecule has 136 valence electrons. The summed E-state index contributed by atoms with van der Waals surface area (Å²) < 4.78 is 0. The number of nitrogens with zero attached hydrogens (tertiary/aromatic N) is 2. The fourth-order valence-corrected chi connectivity index (χ4v) is 3.51. The number of aliphatic hydroxyl groups excluding tert-OH is 2. The first-order valence-electron chi connectivity index (χ1n) is 8.31. The summed E-state index contributed by atoms with van der Waals surface area (Å²) in [7, 11) is 0. The average Bonchev–Trinajstić information content (AvgIpc) is 2.44. The van der Waals surface area contributed by atoms with E-state index >= 15 is 0 Å². The number of amides is 1. The number of nitriles is 1. The van der Waals surface area contributed by atoms with Crippen LogP contribution in [0.1, 0.15) is 40.5 Å². The third kappa shape index (κ3) is 6.11. The summed E-state index contributed by atoms with van der Waals surface area (Å²) in [6.45, 7) is 8.28. The van der Waals surface area contributed by atoms with Gasteiger partial charge in [-0.05, 0) is 40.5 Å². The lowest BCUT2D eigenvalue weighted by atomic mass is 9.79. The first-order valence-corrected chi connectivity index (χ1v) is 8.31. The van der Waals surface area contributed by atoms with Gasteiger partial charge in [0.25, 0.3) is 5.91 Å². The zero-order valence-electron chi connectivity index (χ0n) is 15.1. The van der Waals surface area contributed by atoms with E-state index in [2.05, 4.69) is 38.3 Å². The Labute approximate surface area is 144 Å². The SMILES string of the molecule is CC1(C)CC(N/C=C(/C#N)C(=O)N(CCO)CCO)CC(C)(C)N1. The second-order valence-electron chi connectivity index (χ2n) is 7.57. The Morgan fingerprint density at radius 1 is 1.25 bits per heavy atom. The molecule has 1 amide bonds. The van der Waals surface area contributed by atoms with Gasteiger partial charge in [-0.1, -0.05) is 0 Å². The molecule has 4 N–H and O–H groups in total. The Hall–Kier alpha value is -1.62. The van der Waals surface area contributed by atoms with Crippen LogP contribution in [-0.4, -0.2) is 64.4 Å². The molecule has 0 bridgehead atoms. The van der Waals surface area contributed by atoms with Crippen LogP contribution in [0.2, 0.25) is 0 Å². The smallest absolute Gasteiger partial charge is 0.266 e. The number of carbonyl (C=O) groups excluding carboxylic acids is 1. The van der Waals surface area contributed by atoms with Crippen molar-refractivity contribution < 1.29 is 15.0 Å². The fourth-order valence-electron chi connectivity index (χ4n) is 3.51. The second kappa shape index (κ2) is 8.47. The quantitative estimate of drug-likeness (QED) is 0.387. The van der Waals surface area contributed by atoms with Crippen LogP contribution in [0.4, 0.5) is 0 Å². The highest BCUT2D eigenvalue weighted by Gasteiger charge is 2.37. The van der Waals surface area contributed by atoms with Crippen molar-refractivity contribution in [1.29, 1.82) is 5.26 Å². The molecule has 0 saturated carbocycles. The molecule has 1 saturated heterocycles. The summed E-state index contributed by atoms with van der Waals surface area (Å²) in [5.74, 6) is -0.486. The number of piperidine rings is 1. The van der Waals surface area contributed by atoms with Gasteiger partial charge in [0.05, 0.1) is 13.2 Å². The molecule has 7 heteroatoms. The lowest BCUT2D eigenvalue weighted by molar-refractivity contribution is -0.127. The predicted octanol–water partition coefficient (Wildman–Crippen LogP) is 0.106. The number of hydrogen-bond donors (Lipinski definition) is 4. The van der Waals surface area contributed by atoms with Crippen molar-refractivity contribution in [3.05, 3.63) is 11.8 Å². The standard InChI is InChI=1S/C17H30N4O3/c1-16(2)9-14(10-17(3,4)20-16)19-12-13(11-18)15(24)21(5-7-22)6-8-23/h12,14,19-20,22-23H,5-10H2,1-4H3/b13-12-. The van der Waals surface area contributed by atoms with E-state index in [1.165, 1.54) is 11.1 Å². The molecule has 1 aliphatic rings. The number of hydrogen-bond acceptors (Lipinski definition) is 6. The molecule has 1 heterocycles. The van der Waals surface area contributed by atoms with Gasteiger partial charge < -0.3 is 25.7 Å². The van der Waals surface area contributed by atoms with Crippen LogP contribution in [0.25, 0.3) is 0 Å². The molecule has 24 heavy (non-hydrogen) atoms. The van der Waals surface area contributed by atoms with Gasteiger partial charge >= 0.3 is 0 Å². The van der Waals surface area contributed by atoms with E-state index in [-0.39, 0.29) is 49.0 Å². The van der Waals surface area contributed by atoms with Crippen molar-refractivity contribution in [2.75, 3.05) is 26.3 Å². The molecule has 0 radical (unpaired) electrons. The van der Waals surface area contributed by atoms with Crippen LogP contribution >= 0.6 is 0 Å². The van der Waals surface area contributed by atoms with Gasteiger partial charge in [0.1, 0.15) is 11.6 Å². The zero-order chi connectivity index (χ0) is 18.4. The van der Waals surface area contributed by atoms with Gasteiger partial charge in [-0.25, -0.2) is 0 Å². The predicted molar refractivity (Wildman–Crippen MR) is 91.9 cm³/mol. The minimum Gasteiger partial charge on any atom is -0.395 e. The van der Waals surface area contributed by atoms with Gasteiger partial charge in [0.15, 0.2) is 0 Å². The molecule has 0 aromatic rings.